The van der Waals surface area contributed by atoms with Crippen molar-refractivity contribution >= 4 is 11.8 Å². The maximum Gasteiger partial charge on any atom is 0.240 e. The van der Waals surface area contributed by atoms with Gasteiger partial charge in [-0.2, -0.15) is 0 Å². The lowest BCUT2D eigenvalue weighted by molar-refractivity contribution is -0.129. The van der Waals surface area contributed by atoms with Gasteiger partial charge >= 0.3 is 0 Å². The molecular weight excluding hydrogens is 278 g/mol. The fraction of sp³-hybridized carbons (Fsp3) is 0.529. The first kappa shape index (κ1) is 18.2. The molecule has 0 aromatic heterocycles. The van der Waals surface area contributed by atoms with E-state index in [0.29, 0.717) is 12.8 Å². The Labute approximate surface area is 132 Å². The molecule has 0 fully saturated rings. The zero-order valence-corrected chi connectivity index (χ0v) is 13.6. The Morgan fingerprint density at radius 3 is 2.27 bits per heavy atom. The van der Waals surface area contributed by atoms with Crippen LogP contribution in [-0.2, 0) is 16.0 Å². The molecule has 0 heterocycles. The summed E-state index contributed by atoms with van der Waals surface area (Å²) in [4.78, 5) is 23.8. The van der Waals surface area contributed by atoms with Crippen LogP contribution in [0.2, 0.25) is 0 Å². The second kappa shape index (κ2) is 9.20. The number of likely N-dealkylation sites (N-methyl/N-ethyl adjacent to an activating group) is 1. The van der Waals surface area contributed by atoms with Crippen molar-refractivity contribution in [3.8, 4) is 0 Å². The molecule has 0 unspecified atom stereocenters. The maximum absolute atomic E-state index is 12.3. The van der Waals surface area contributed by atoms with Gasteiger partial charge in [0.2, 0.25) is 11.8 Å². The third-order valence-electron chi connectivity index (χ3n) is 3.60. The van der Waals surface area contributed by atoms with E-state index in [4.69, 9.17) is 5.73 Å². The minimum absolute atomic E-state index is 0.178. The van der Waals surface area contributed by atoms with Crippen molar-refractivity contribution in [1.82, 2.24) is 10.6 Å². The summed E-state index contributed by atoms with van der Waals surface area (Å²) in [5, 5.41) is 5.76. The van der Waals surface area contributed by atoms with E-state index in [1.807, 2.05) is 44.2 Å². The van der Waals surface area contributed by atoms with Crippen LogP contribution in [0.5, 0.6) is 0 Å². The molecule has 5 nitrogen and oxygen atoms in total. The van der Waals surface area contributed by atoms with Crippen molar-refractivity contribution < 1.29 is 9.59 Å². The molecule has 0 spiro atoms. The Hall–Kier alpha value is -1.88. The van der Waals surface area contributed by atoms with Gasteiger partial charge in [0, 0.05) is 0 Å². The molecule has 0 aliphatic rings. The molecule has 1 rings (SSSR count). The van der Waals surface area contributed by atoms with Gasteiger partial charge in [0.15, 0.2) is 0 Å². The van der Waals surface area contributed by atoms with E-state index in [1.165, 1.54) is 5.56 Å². The average Bonchev–Trinajstić information content (AvgIpc) is 2.47. The molecule has 0 saturated carbocycles. The number of nitrogens with two attached hydrogens (primary N) is 1. The minimum Gasteiger partial charge on any atom is -0.368 e. The monoisotopic (exact) mass is 305 g/mol. The molecule has 0 saturated heterocycles. The first-order valence-corrected chi connectivity index (χ1v) is 7.75. The second-order valence-corrected chi connectivity index (χ2v) is 5.96. The van der Waals surface area contributed by atoms with E-state index in [0.717, 1.165) is 6.42 Å². The molecule has 1 aromatic carbocycles. The van der Waals surface area contributed by atoms with Gasteiger partial charge in [0.1, 0.15) is 6.04 Å². The van der Waals surface area contributed by atoms with Gasteiger partial charge < -0.3 is 16.4 Å². The summed E-state index contributed by atoms with van der Waals surface area (Å²) in [6.45, 7) is 3.99. The van der Waals surface area contributed by atoms with Crippen LogP contribution >= 0.6 is 0 Å². The quantitative estimate of drug-likeness (QED) is 0.641. The van der Waals surface area contributed by atoms with E-state index in [-0.39, 0.29) is 17.9 Å². The van der Waals surface area contributed by atoms with Gasteiger partial charge in [-0.25, -0.2) is 0 Å². The highest BCUT2D eigenvalue weighted by molar-refractivity contribution is 5.89. The van der Waals surface area contributed by atoms with Crippen molar-refractivity contribution in [3.63, 3.8) is 0 Å². The summed E-state index contributed by atoms with van der Waals surface area (Å²) in [6.07, 6.45) is 2.01. The molecule has 2 amide bonds. The highest BCUT2D eigenvalue weighted by Crippen LogP contribution is 2.07. The minimum atomic E-state index is -0.611. The number of aryl methyl sites for hydroxylation is 1. The Kier molecular flexibility index (Phi) is 7.60. The summed E-state index contributed by atoms with van der Waals surface area (Å²) in [5.41, 5.74) is 6.55. The first-order valence-electron chi connectivity index (χ1n) is 7.75. The fourth-order valence-corrected chi connectivity index (χ4v) is 2.35. The van der Waals surface area contributed by atoms with E-state index >= 15 is 0 Å². The molecule has 4 N–H and O–H groups in total. The number of nitrogens with one attached hydrogen (secondary N) is 2. The largest absolute Gasteiger partial charge is 0.368 e. The number of carbonyl (C=O) groups excluding carboxylic acids is 2. The van der Waals surface area contributed by atoms with Gasteiger partial charge in [0.25, 0.3) is 0 Å². The molecule has 2 atom stereocenters. The summed E-state index contributed by atoms with van der Waals surface area (Å²) < 4.78 is 0. The Morgan fingerprint density at radius 1 is 1.14 bits per heavy atom. The Morgan fingerprint density at radius 2 is 1.77 bits per heavy atom. The molecule has 1 aromatic rings. The maximum atomic E-state index is 12.3. The zero-order valence-electron chi connectivity index (χ0n) is 13.6. The van der Waals surface area contributed by atoms with Crippen molar-refractivity contribution in [3.05, 3.63) is 35.9 Å². The van der Waals surface area contributed by atoms with E-state index in [9.17, 15) is 9.59 Å². The highest BCUT2D eigenvalue weighted by atomic mass is 16.2. The van der Waals surface area contributed by atoms with Crippen LogP contribution in [0.4, 0.5) is 0 Å². The molecule has 22 heavy (non-hydrogen) atoms. The lowest BCUT2D eigenvalue weighted by Gasteiger charge is -2.21. The number of benzene rings is 1. The zero-order chi connectivity index (χ0) is 16.5. The SMILES string of the molecule is CN[C@@H](CCc1ccccc1)C(=O)N[C@@H](CC(C)C)C(N)=O. The summed E-state index contributed by atoms with van der Waals surface area (Å²) >= 11 is 0. The Bertz CT molecular complexity index is 474. The van der Waals surface area contributed by atoms with E-state index < -0.39 is 11.9 Å². The lowest BCUT2D eigenvalue weighted by Crippen LogP contribution is -2.51. The van der Waals surface area contributed by atoms with E-state index in [1.54, 1.807) is 7.05 Å². The summed E-state index contributed by atoms with van der Waals surface area (Å²) in [6, 6.07) is 9.06. The van der Waals surface area contributed by atoms with Crippen molar-refractivity contribution in [1.29, 1.82) is 0 Å². The molecule has 5 heteroatoms. The molecule has 122 valence electrons. The molecule has 0 aliphatic carbocycles. The highest BCUT2D eigenvalue weighted by Gasteiger charge is 2.23. The van der Waals surface area contributed by atoms with Crippen LogP contribution in [0.3, 0.4) is 0 Å². The predicted octanol–water partition coefficient (Wildman–Crippen LogP) is 1.22. The Balaban J connectivity index is 2.57. The first-order chi connectivity index (χ1) is 10.4. The standard InChI is InChI=1S/C17H27N3O2/c1-12(2)11-15(16(18)21)20-17(22)14(19-3)10-9-13-7-5-4-6-8-13/h4-8,12,14-15,19H,9-11H2,1-3H3,(H2,18,21)(H,20,22)/t14-,15-/m0/s1. The summed E-state index contributed by atoms with van der Waals surface area (Å²) in [5.74, 6) is -0.377. The van der Waals surface area contributed by atoms with Crippen LogP contribution < -0.4 is 16.4 Å². The van der Waals surface area contributed by atoms with Crippen LogP contribution in [0.15, 0.2) is 30.3 Å². The molecule has 0 radical (unpaired) electrons. The van der Waals surface area contributed by atoms with Gasteiger partial charge in [-0.1, -0.05) is 44.2 Å². The number of hydrogen-bond acceptors (Lipinski definition) is 3. The molecular formula is C17H27N3O2. The fourth-order valence-electron chi connectivity index (χ4n) is 2.35. The molecule has 0 aliphatic heterocycles. The number of rotatable bonds is 9. The van der Waals surface area contributed by atoms with Crippen molar-refractivity contribution in [2.75, 3.05) is 7.05 Å². The number of carbonyl (C=O) groups is 2. The predicted molar refractivity (Wildman–Crippen MR) is 88.2 cm³/mol. The van der Waals surface area contributed by atoms with Gasteiger partial charge in [0.05, 0.1) is 6.04 Å². The second-order valence-electron chi connectivity index (χ2n) is 5.96. The smallest absolute Gasteiger partial charge is 0.240 e. The van der Waals surface area contributed by atoms with Gasteiger partial charge in [-0.15, -0.1) is 0 Å². The molecule has 0 bridgehead atoms. The summed E-state index contributed by atoms with van der Waals surface area (Å²) in [7, 11) is 1.75. The van der Waals surface area contributed by atoms with Crippen LogP contribution in [0, 0.1) is 5.92 Å². The number of amides is 2. The van der Waals surface area contributed by atoms with Crippen molar-refractivity contribution in [2.24, 2.45) is 11.7 Å². The van der Waals surface area contributed by atoms with Crippen LogP contribution in [0.1, 0.15) is 32.3 Å². The number of hydrogen-bond donors (Lipinski definition) is 3. The van der Waals surface area contributed by atoms with Gasteiger partial charge in [-0.05, 0) is 37.8 Å². The normalized spacial score (nSPS) is 13.6. The van der Waals surface area contributed by atoms with Crippen LogP contribution in [0.25, 0.3) is 0 Å². The van der Waals surface area contributed by atoms with Crippen LogP contribution in [-0.4, -0.2) is 30.9 Å². The average molecular weight is 305 g/mol. The topological polar surface area (TPSA) is 84.2 Å². The third-order valence-corrected chi connectivity index (χ3v) is 3.60. The number of primary amides is 1. The third kappa shape index (κ3) is 6.26. The van der Waals surface area contributed by atoms with E-state index in [2.05, 4.69) is 10.6 Å². The lowest BCUT2D eigenvalue weighted by atomic mass is 10.0. The van der Waals surface area contributed by atoms with Gasteiger partial charge in [-0.3, -0.25) is 9.59 Å². The van der Waals surface area contributed by atoms with Crippen molar-refractivity contribution in [2.45, 2.75) is 45.2 Å².